The lowest BCUT2D eigenvalue weighted by molar-refractivity contribution is -0.383. The molecule has 6 nitrogen and oxygen atoms in total. The summed E-state index contributed by atoms with van der Waals surface area (Å²) in [6, 6.07) is 5.39. The molecule has 2 rings (SSSR count). The van der Waals surface area contributed by atoms with E-state index >= 15 is 0 Å². The number of hydrogen-bond donors (Lipinski definition) is 3. The van der Waals surface area contributed by atoms with Crippen LogP contribution in [0.15, 0.2) is 18.2 Å². The van der Waals surface area contributed by atoms with Gasteiger partial charge in [0.1, 0.15) is 11.4 Å². The second kappa shape index (κ2) is 6.81. The first-order chi connectivity index (χ1) is 9.65. The first-order valence-corrected chi connectivity index (χ1v) is 7.97. The van der Waals surface area contributed by atoms with Crippen molar-refractivity contribution in [1.29, 1.82) is 0 Å². The number of nitrogens with two attached hydrogens (primary N) is 1. The molecule has 0 aliphatic heterocycles. The van der Waals surface area contributed by atoms with Crippen LogP contribution in [0.4, 0.5) is 17.1 Å². The van der Waals surface area contributed by atoms with Crippen molar-refractivity contribution < 1.29 is 4.92 Å². The van der Waals surface area contributed by atoms with Crippen molar-refractivity contribution in [2.45, 2.75) is 37.0 Å². The summed E-state index contributed by atoms with van der Waals surface area (Å²) in [5, 5.41) is 15.2. The Bertz CT molecular complexity index is 483. The number of rotatable bonds is 5. The number of nitrogen functional groups attached to an aromatic ring is 1. The molecule has 1 aliphatic rings. The smallest absolute Gasteiger partial charge is 0.316 e. The lowest BCUT2D eigenvalue weighted by atomic mass is 9.94. The Morgan fingerprint density at radius 2 is 2.15 bits per heavy atom. The van der Waals surface area contributed by atoms with Gasteiger partial charge in [-0.3, -0.25) is 16.0 Å². The highest BCUT2D eigenvalue weighted by Gasteiger charge is 2.25. The van der Waals surface area contributed by atoms with Crippen LogP contribution in [0.3, 0.4) is 0 Å². The first kappa shape index (κ1) is 14.9. The van der Waals surface area contributed by atoms with Gasteiger partial charge in [0.25, 0.3) is 0 Å². The van der Waals surface area contributed by atoms with Gasteiger partial charge in [0, 0.05) is 11.3 Å². The standard InChI is InChI=1S/C13H20N4O2S/c1-20-10-5-2-4-9(8-10)15-11-6-3-7-12(16-14)13(11)17(18)19/h3,6-7,9-10,15-16H,2,4-5,8,14H2,1H3. The number of nitro benzene ring substituents is 1. The fourth-order valence-electron chi connectivity index (χ4n) is 2.68. The average Bonchev–Trinajstić information content (AvgIpc) is 2.46. The molecule has 1 saturated carbocycles. The Balaban J connectivity index is 2.18. The van der Waals surface area contributed by atoms with Crippen LogP contribution in [0.5, 0.6) is 0 Å². The third-order valence-electron chi connectivity index (χ3n) is 3.69. The normalized spacial score (nSPS) is 22.3. The molecule has 0 spiro atoms. The van der Waals surface area contributed by atoms with Gasteiger partial charge in [-0.25, -0.2) is 0 Å². The number of hydrazine groups is 1. The minimum atomic E-state index is -0.396. The fourth-order valence-corrected chi connectivity index (χ4v) is 3.51. The summed E-state index contributed by atoms with van der Waals surface area (Å²) in [6.07, 6.45) is 6.60. The van der Waals surface area contributed by atoms with Crippen molar-refractivity contribution in [3.05, 3.63) is 28.3 Å². The van der Waals surface area contributed by atoms with Crippen molar-refractivity contribution in [3.63, 3.8) is 0 Å². The highest BCUT2D eigenvalue weighted by Crippen LogP contribution is 2.35. The zero-order valence-corrected chi connectivity index (χ0v) is 12.3. The molecular formula is C13H20N4O2S. The summed E-state index contributed by atoms with van der Waals surface area (Å²) in [5.74, 6) is 5.35. The molecule has 2 unspecified atom stereocenters. The van der Waals surface area contributed by atoms with Crippen LogP contribution in [0.25, 0.3) is 0 Å². The van der Waals surface area contributed by atoms with Crippen LogP contribution in [-0.4, -0.2) is 22.5 Å². The van der Waals surface area contributed by atoms with E-state index < -0.39 is 4.92 Å². The van der Waals surface area contributed by atoms with Gasteiger partial charge in [0.15, 0.2) is 0 Å². The van der Waals surface area contributed by atoms with Crippen LogP contribution in [0.2, 0.25) is 0 Å². The van der Waals surface area contributed by atoms with Gasteiger partial charge < -0.3 is 10.7 Å². The Morgan fingerprint density at radius 3 is 2.80 bits per heavy atom. The van der Waals surface area contributed by atoms with Gasteiger partial charge in [0.05, 0.1) is 4.92 Å². The molecule has 20 heavy (non-hydrogen) atoms. The largest absolute Gasteiger partial charge is 0.377 e. The number of nitrogens with one attached hydrogen (secondary N) is 2. The average molecular weight is 296 g/mol. The van der Waals surface area contributed by atoms with Crippen molar-refractivity contribution in [3.8, 4) is 0 Å². The SMILES string of the molecule is CSC1CCCC(Nc2cccc(NN)c2[N+](=O)[O-])C1. The predicted octanol–water partition coefficient (Wildman–Crippen LogP) is 2.97. The molecule has 0 amide bonds. The van der Waals surface area contributed by atoms with Crippen molar-refractivity contribution in [2.24, 2.45) is 5.84 Å². The van der Waals surface area contributed by atoms with E-state index in [0.29, 0.717) is 16.6 Å². The van der Waals surface area contributed by atoms with Crippen molar-refractivity contribution in [2.75, 3.05) is 17.0 Å². The lowest BCUT2D eigenvalue weighted by Gasteiger charge is -2.29. The molecule has 0 heterocycles. The fraction of sp³-hybridized carbons (Fsp3) is 0.538. The summed E-state index contributed by atoms with van der Waals surface area (Å²) in [4.78, 5) is 10.8. The van der Waals surface area contributed by atoms with Crippen LogP contribution in [0, 0.1) is 10.1 Å². The van der Waals surface area contributed by atoms with E-state index in [1.165, 1.54) is 6.42 Å². The van der Waals surface area contributed by atoms with Gasteiger partial charge >= 0.3 is 5.69 Å². The highest BCUT2D eigenvalue weighted by molar-refractivity contribution is 7.99. The highest BCUT2D eigenvalue weighted by atomic mass is 32.2. The molecule has 1 aromatic carbocycles. The van der Waals surface area contributed by atoms with Gasteiger partial charge in [-0.15, -0.1) is 0 Å². The zero-order valence-electron chi connectivity index (χ0n) is 11.5. The van der Waals surface area contributed by atoms with E-state index in [-0.39, 0.29) is 11.7 Å². The van der Waals surface area contributed by atoms with Gasteiger partial charge in [-0.2, -0.15) is 11.8 Å². The van der Waals surface area contributed by atoms with Gasteiger partial charge in [0.2, 0.25) is 0 Å². The minimum Gasteiger partial charge on any atom is -0.377 e. The molecular weight excluding hydrogens is 276 g/mol. The second-order valence-electron chi connectivity index (χ2n) is 4.97. The van der Waals surface area contributed by atoms with E-state index in [0.717, 1.165) is 19.3 Å². The van der Waals surface area contributed by atoms with Crippen molar-refractivity contribution in [1.82, 2.24) is 0 Å². The molecule has 1 aliphatic carbocycles. The Kier molecular flexibility index (Phi) is 5.08. The molecule has 0 radical (unpaired) electrons. The van der Waals surface area contributed by atoms with Gasteiger partial charge in [-0.1, -0.05) is 12.5 Å². The maximum atomic E-state index is 11.2. The summed E-state index contributed by atoms with van der Waals surface area (Å²) in [7, 11) is 0. The van der Waals surface area contributed by atoms with Crippen LogP contribution in [-0.2, 0) is 0 Å². The monoisotopic (exact) mass is 296 g/mol. The molecule has 2 atom stereocenters. The summed E-state index contributed by atoms with van der Waals surface area (Å²) < 4.78 is 0. The van der Waals surface area contributed by atoms with Crippen LogP contribution in [0.1, 0.15) is 25.7 Å². The second-order valence-corrected chi connectivity index (χ2v) is 6.11. The van der Waals surface area contributed by atoms with E-state index in [1.807, 2.05) is 11.8 Å². The van der Waals surface area contributed by atoms with E-state index in [9.17, 15) is 10.1 Å². The number of anilines is 2. The number of benzene rings is 1. The topological polar surface area (TPSA) is 93.2 Å². The number of nitro groups is 1. The minimum absolute atomic E-state index is 0.0151. The van der Waals surface area contributed by atoms with E-state index in [2.05, 4.69) is 17.0 Å². The quantitative estimate of drug-likeness (QED) is 0.439. The van der Waals surface area contributed by atoms with Crippen molar-refractivity contribution >= 4 is 28.8 Å². The molecule has 0 aromatic heterocycles. The number of thioether (sulfide) groups is 1. The Morgan fingerprint density at radius 1 is 1.40 bits per heavy atom. The lowest BCUT2D eigenvalue weighted by Crippen LogP contribution is -2.28. The Hall–Kier alpha value is -1.47. The molecule has 7 heteroatoms. The van der Waals surface area contributed by atoms with Crippen LogP contribution < -0.4 is 16.6 Å². The summed E-state index contributed by atoms with van der Waals surface area (Å²) >= 11 is 1.87. The maximum absolute atomic E-state index is 11.2. The molecule has 4 N–H and O–H groups in total. The maximum Gasteiger partial charge on any atom is 0.316 e. The Labute approximate surface area is 122 Å². The molecule has 0 saturated heterocycles. The van der Waals surface area contributed by atoms with Gasteiger partial charge in [-0.05, 0) is 37.7 Å². The number of nitrogens with zero attached hydrogens (tertiary/aromatic N) is 1. The molecule has 1 aromatic rings. The molecule has 110 valence electrons. The first-order valence-electron chi connectivity index (χ1n) is 6.69. The number of para-hydroxylation sites is 1. The third kappa shape index (κ3) is 3.34. The third-order valence-corrected chi connectivity index (χ3v) is 4.79. The summed E-state index contributed by atoms with van der Waals surface area (Å²) in [6.45, 7) is 0. The predicted molar refractivity (Wildman–Crippen MR) is 84.1 cm³/mol. The number of hydrogen-bond acceptors (Lipinski definition) is 6. The zero-order chi connectivity index (χ0) is 14.5. The van der Waals surface area contributed by atoms with E-state index in [4.69, 9.17) is 5.84 Å². The molecule has 0 bridgehead atoms. The molecule has 1 fully saturated rings. The summed E-state index contributed by atoms with van der Waals surface area (Å²) in [5.41, 5.74) is 3.27. The van der Waals surface area contributed by atoms with Crippen LogP contribution >= 0.6 is 11.8 Å². The van der Waals surface area contributed by atoms with E-state index in [1.54, 1.807) is 18.2 Å².